The van der Waals surface area contributed by atoms with E-state index in [2.05, 4.69) is 4.98 Å². The average Bonchev–Trinajstić information content (AvgIpc) is 2.69. The Morgan fingerprint density at radius 1 is 1.56 bits per heavy atom. The lowest BCUT2D eigenvalue weighted by Gasteiger charge is -2.24. The molecule has 1 aliphatic rings. The summed E-state index contributed by atoms with van der Waals surface area (Å²) in [6.45, 7) is 0. The first-order chi connectivity index (χ1) is 8.39. The maximum Gasteiger partial charge on any atom is 0.152 e. The topological polar surface area (TPSA) is 100 Å². The van der Waals surface area contributed by atoms with Crippen LogP contribution in [-0.2, 0) is 9.84 Å². The number of amidine groups is 1. The van der Waals surface area contributed by atoms with Gasteiger partial charge in [0.05, 0.1) is 11.5 Å². The van der Waals surface area contributed by atoms with Crippen LogP contribution in [0.4, 0.5) is 5.82 Å². The zero-order chi connectivity index (χ0) is 13.3. The Morgan fingerprint density at radius 3 is 2.72 bits per heavy atom. The van der Waals surface area contributed by atoms with E-state index < -0.39 is 9.84 Å². The molecule has 3 N–H and O–H groups in total. The molecule has 1 atom stereocenters. The van der Waals surface area contributed by atoms with Crippen LogP contribution in [0.1, 0.15) is 12.0 Å². The van der Waals surface area contributed by atoms with Gasteiger partial charge in [0.25, 0.3) is 0 Å². The van der Waals surface area contributed by atoms with Gasteiger partial charge in [-0.05, 0) is 18.6 Å². The Bertz CT molecular complexity index is 553. The molecule has 0 bridgehead atoms. The minimum atomic E-state index is -2.89. The van der Waals surface area contributed by atoms with Crippen LogP contribution in [0.3, 0.4) is 0 Å². The highest BCUT2D eigenvalue weighted by atomic mass is 32.2. The summed E-state index contributed by atoms with van der Waals surface area (Å²) in [5.41, 5.74) is 5.91. The van der Waals surface area contributed by atoms with Gasteiger partial charge in [0.1, 0.15) is 11.7 Å². The van der Waals surface area contributed by atoms with Crippen LogP contribution < -0.4 is 10.6 Å². The molecule has 1 saturated heterocycles. The second kappa shape index (κ2) is 4.56. The van der Waals surface area contributed by atoms with Crippen LogP contribution in [0.2, 0.25) is 0 Å². The maximum atomic E-state index is 11.4. The fourth-order valence-electron chi connectivity index (χ4n) is 2.02. The van der Waals surface area contributed by atoms with Gasteiger partial charge in [0.15, 0.2) is 9.84 Å². The molecular weight excluding hydrogens is 252 g/mol. The van der Waals surface area contributed by atoms with E-state index in [9.17, 15) is 8.42 Å². The highest BCUT2D eigenvalue weighted by molar-refractivity contribution is 7.91. The molecule has 1 aromatic rings. The first-order valence-electron chi connectivity index (χ1n) is 5.63. The van der Waals surface area contributed by atoms with Gasteiger partial charge in [-0.2, -0.15) is 0 Å². The van der Waals surface area contributed by atoms with Gasteiger partial charge in [-0.1, -0.05) is 0 Å². The number of nitrogens with zero attached hydrogens (tertiary/aromatic N) is 2. The van der Waals surface area contributed by atoms with Crippen LogP contribution in [-0.4, -0.2) is 43.8 Å². The number of hydrogen-bond acceptors (Lipinski definition) is 5. The number of pyridine rings is 1. The normalized spacial score (nSPS) is 21.7. The van der Waals surface area contributed by atoms with Crippen LogP contribution in [0.5, 0.6) is 0 Å². The second-order valence-electron chi connectivity index (χ2n) is 4.49. The van der Waals surface area contributed by atoms with E-state index in [4.69, 9.17) is 11.1 Å². The van der Waals surface area contributed by atoms with E-state index >= 15 is 0 Å². The summed E-state index contributed by atoms with van der Waals surface area (Å²) < 4.78 is 22.9. The molecule has 0 aromatic carbocycles. The minimum absolute atomic E-state index is 0.0225. The number of aromatic nitrogens is 1. The highest BCUT2D eigenvalue weighted by Gasteiger charge is 2.31. The molecule has 7 heteroatoms. The van der Waals surface area contributed by atoms with Crippen LogP contribution >= 0.6 is 0 Å². The predicted molar refractivity (Wildman–Crippen MR) is 70.7 cm³/mol. The van der Waals surface area contributed by atoms with Gasteiger partial charge in [0, 0.05) is 24.8 Å². The average molecular weight is 268 g/mol. The summed E-state index contributed by atoms with van der Waals surface area (Å²) in [4.78, 5) is 6.07. The van der Waals surface area contributed by atoms with Crippen molar-refractivity contribution >= 4 is 21.5 Å². The summed E-state index contributed by atoms with van der Waals surface area (Å²) in [6, 6.07) is 3.44. The van der Waals surface area contributed by atoms with E-state index in [1.807, 2.05) is 11.9 Å². The lowest BCUT2D eigenvalue weighted by molar-refractivity contribution is 0.600. The molecule has 98 valence electrons. The molecule has 2 rings (SSSR count). The standard InChI is InChI=1S/C11H16N4O2S/c1-15(9-4-5-18(16,17)7-9)10-3-2-8(6-14-10)11(12)13/h2-3,6,9H,4-5,7H2,1H3,(H3,12,13). The number of anilines is 1. The largest absolute Gasteiger partial charge is 0.384 e. The van der Waals surface area contributed by atoms with Gasteiger partial charge in [0.2, 0.25) is 0 Å². The van der Waals surface area contributed by atoms with Gasteiger partial charge >= 0.3 is 0 Å². The van der Waals surface area contributed by atoms with Crippen LogP contribution in [0.15, 0.2) is 18.3 Å². The van der Waals surface area contributed by atoms with Crippen molar-refractivity contribution in [2.24, 2.45) is 5.73 Å². The molecule has 18 heavy (non-hydrogen) atoms. The summed E-state index contributed by atoms with van der Waals surface area (Å²) in [5, 5.41) is 7.28. The fraction of sp³-hybridized carbons (Fsp3) is 0.455. The molecule has 6 nitrogen and oxygen atoms in total. The molecule has 0 spiro atoms. The summed E-state index contributed by atoms with van der Waals surface area (Å²) in [6.07, 6.45) is 2.16. The number of nitrogens with two attached hydrogens (primary N) is 1. The van der Waals surface area contributed by atoms with Crippen molar-refractivity contribution < 1.29 is 8.42 Å². The van der Waals surface area contributed by atoms with Crippen LogP contribution in [0.25, 0.3) is 0 Å². The predicted octanol–water partition coefficient (Wildman–Crippen LogP) is -0.0110. The van der Waals surface area contributed by atoms with Crippen molar-refractivity contribution in [2.75, 3.05) is 23.5 Å². The number of hydrogen-bond donors (Lipinski definition) is 2. The smallest absolute Gasteiger partial charge is 0.152 e. The third-order valence-corrected chi connectivity index (χ3v) is 4.93. The SMILES string of the molecule is CN(c1ccc(C(=N)N)cn1)C1CCS(=O)(=O)C1. The minimum Gasteiger partial charge on any atom is -0.384 e. The molecule has 2 heterocycles. The molecule has 0 amide bonds. The van der Waals surface area contributed by atoms with E-state index in [0.29, 0.717) is 17.8 Å². The summed E-state index contributed by atoms with van der Waals surface area (Å²) in [5.74, 6) is 1.09. The van der Waals surface area contributed by atoms with E-state index in [0.717, 1.165) is 0 Å². The number of rotatable bonds is 3. The highest BCUT2D eigenvalue weighted by Crippen LogP contribution is 2.21. The van der Waals surface area contributed by atoms with Crippen molar-refractivity contribution in [2.45, 2.75) is 12.5 Å². The van der Waals surface area contributed by atoms with E-state index in [1.54, 1.807) is 12.1 Å². The molecule has 0 aliphatic carbocycles. The van der Waals surface area contributed by atoms with Gasteiger partial charge in [-0.3, -0.25) is 5.41 Å². The summed E-state index contributed by atoms with van der Waals surface area (Å²) in [7, 11) is -1.06. The fourth-order valence-corrected chi connectivity index (χ4v) is 3.80. The van der Waals surface area contributed by atoms with Crippen LogP contribution in [0, 0.1) is 5.41 Å². The molecule has 1 fully saturated rings. The zero-order valence-electron chi connectivity index (χ0n) is 10.1. The van der Waals surface area contributed by atoms with Crippen molar-refractivity contribution in [3.63, 3.8) is 0 Å². The maximum absolute atomic E-state index is 11.4. The zero-order valence-corrected chi connectivity index (χ0v) is 10.9. The van der Waals surface area contributed by atoms with Gasteiger partial charge in [-0.15, -0.1) is 0 Å². The lowest BCUT2D eigenvalue weighted by atomic mass is 10.2. The van der Waals surface area contributed by atoms with E-state index in [-0.39, 0.29) is 23.4 Å². The van der Waals surface area contributed by atoms with E-state index in [1.165, 1.54) is 6.20 Å². The summed E-state index contributed by atoms with van der Waals surface area (Å²) >= 11 is 0. The molecule has 1 unspecified atom stereocenters. The number of nitrogen functional groups attached to an aromatic ring is 1. The molecule has 0 saturated carbocycles. The lowest BCUT2D eigenvalue weighted by Crippen LogP contribution is -2.33. The quantitative estimate of drug-likeness (QED) is 0.593. The Hall–Kier alpha value is -1.63. The monoisotopic (exact) mass is 268 g/mol. The van der Waals surface area contributed by atoms with Gasteiger partial charge < -0.3 is 10.6 Å². The first-order valence-corrected chi connectivity index (χ1v) is 7.45. The first kappa shape index (κ1) is 12.8. The van der Waals surface area contributed by atoms with Crippen molar-refractivity contribution in [3.05, 3.63) is 23.9 Å². The Labute approximate surface area is 106 Å². The Morgan fingerprint density at radius 2 is 2.28 bits per heavy atom. The van der Waals surface area contributed by atoms with Crippen molar-refractivity contribution in [1.29, 1.82) is 5.41 Å². The number of sulfone groups is 1. The molecule has 0 radical (unpaired) electrons. The third-order valence-electron chi connectivity index (χ3n) is 3.18. The molecule has 1 aromatic heterocycles. The third kappa shape index (κ3) is 2.61. The Balaban J connectivity index is 2.14. The van der Waals surface area contributed by atoms with Crippen molar-refractivity contribution in [3.8, 4) is 0 Å². The van der Waals surface area contributed by atoms with Gasteiger partial charge in [-0.25, -0.2) is 13.4 Å². The molecular formula is C11H16N4O2S. The second-order valence-corrected chi connectivity index (χ2v) is 6.72. The van der Waals surface area contributed by atoms with Crippen molar-refractivity contribution in [1.82, 2.24) is 4.98 Å². The Kier molecular flexibility index (Phi) is 3.25. The number of nitrogens with one attached hydrogen (secondary N) is 1. The molecule has 1 aliphatic heterocycles.